The third-order valence-corrected chi connectivity index (χ3v) is 4.91. The fourth-order valence-corrected chi connectivity index (χ4v) is 3.77. The third kappa shape index (κ3) is 6.30. The Balaban J connectivity index is 2.19. The maximum absolute atomic E-state index is 12.9. The zero-order chi connectivity index (χ0) is 20.0. The molecule has 1 aliphatic carbocycles. The minimum atomic E-state index is -0.943. The van der Waals surface area contributed by atoms with Crippen molar-refractivity contribution >= 4 is 23.7 Å². The van der Waals surface area contributed by atoms with Gasteiger partial charge in [0.25, 0.3) is 0 Å². The molecule has 2 rings (SSSR count). The van der Waals surface area contributed by atoms with Crippen LogP contribution in [-0.4, -0.2) is 54.7 Å². The summed E-state index contributed by atoms with van der Waals surface area (Å²) in [6.45, 7) is 3.53. The van der Waals surface area contributed by atoms with Crippen molar-refractivity contribution in [2.75, 3.05) is 6.61 Å². The van der Waals surface area contributed by atoms with Crippen LogP contribution >= 0.6 is 0 Å². The number of ether oxygens (including phenoxy) is 4. The van der Waals surface area contributed by atoms with E-state index in [2.05, 4.69) is 0 Å². The predicted octanol–water partition coefficient (Wildman–Crippen LogP) is 1.72. The molecular formula is C19H28O8. The van der Waals surface area contributed by atoms with Crippen LogP contribution in [0.2, 0.25) is 0 Å². The molecule has 0 aromatic heterocycles. The summed E-state index contributed by atoms with van der Waals surface area (Å²) < 4.78 is 21.5. The number of Topliss-reactive ketones (excluding diaryl/α,β-unsaturated/α-hetero) is 1. The molecule has 1 saturated heterocycles. The molecule has 8 nitrogen and oxygen atoms in total. The topological polar surface area (TPSA) is 105 Å². The van der Waals surface area contributed by atoms with Gasteiger partial charge in [-0.2, -0.15) is 0 Å². The molecule has 2 fully saturated rings. The van der Waals surface area contributed by atoms with E-state index in [1.807, 2.05) is 0 Å². The van der Waals surface area contributed by atoms with Crippen LogP contribution in [0.1, 0.15) is 59.3 Å². The Bertz CT molecular complexity index is 566. The largest absolute Gasteiger partial charge is 0.463 e. The molecule has 8 heteroatoms. The number of hydrogen-bond acceptors (Lipinski definition) is 8. The van der Waals surface area contributed by atoms with E-state index < -0.39 is 42.3 Å². The van der Waals surface area contributed by atoms with E-state index in [1.54, 1.807) is 0 Å². The maximum Gasteiger partial charge on any atom is 0.303 e. The van der Waals surface area contributed by atoms with Crippen molar-refractivity contribution < 1.29 is 38.1 Å². The average Bonchev–Trinajstić information content (AvgIpc) is 2.61. The Morgan fingerprint density at radius 1 is 0.889 bits per heavy atom. The van der Waals surface area contributed by atoms with E-state index in [-0.39, 0.29) is 24.7 Å². The molecule has 1 aliphatic heterocycles. The molecule has 2 aliphatic rings. The second kappa shape index (κ2) is 9.82. The number of carbonyl (C=O) groups is 4. The zero-order valence-electron chi connectivity index (χ0n) is 16.1. The van der Waals surface area contributed by atoms with Crippen LogP contribution in [0.25, 0.3) is 0 Å². The van der Waals surface area contributed by atoms with Gasteiger partial charge in [0.1, 0.15) is 24.9 Å². The molecule has 0 unspecified atom stereocenters. The molecule has 0 spiro atoms. The molecule has 0 N–H and O–H groups in total. The van der Waals surface area contributed by atoms with E-state index in [0.717, 1.165) is 32.1 Å². The minimum Gasteiger partial charge on any atom is -0.463 e. The number of carbonyl (C=O) groups excluding carboxylic acids is 4. The van der Waals surface area contributed by atoms with Gasteiger partial charge in [-0.25, -0.2) is 0 Å². The molecule has 0 radical (unpaired) electrons. The number of hydrogen-bond donors (Lipinski definition) is 0. The molecule has 1 saturated carbocycles. The summed E-state index contributed by atoms with van der Waals surface area (Å²) in [6, 6.07) is 0. The van der Waals surface area contributed by atoms with Crippen LogP contribution in [0.3, 0.4) is 0 Å². The molecule has 27 heavy (non-hydrogen) atoms. The Morgan fingerprint density at radius 2 is 1.52 bits per heavy atom. The van der Waals surface area contributed by atoms with Crippen LogP contribution in [0.5, 0.6) is 0 Å². The molecule has 4 atom stereocenters. The minimum absolute atomic E-state index is 0.0269. The lowest BCUT2D eigenvalue weighted by atomic mass is 9.82. The normalized spacial score (nSPS) is 28.9. The summed E-state index contributed by atoms with van der Waals surface area (Å²) in [7, 11) is 0. The van der Waals surface area contributed by atoms with Gasteiger partial charge < -0.3 is 18.9 Å². The standard InChI is InChI=1S/C19H28O8/c1-11(20)24-10-17-19(26-13(3)22)16(25-12(2)21)9-15(27-17)18(23)14-7-5-4-6-8-14/h14-17,19H,4-10H2,1-3H3/t15-,16-,17-,19+/m1/s1. The van der Waals surface area contributed by atoms with Crippen LogP contribution < -0.4 is 0 Å². The van der Waals surface area contributed by atoms with Crippen molar-refractivity contribution in [2.45, 2.75) is 83.7 Å². The van der Waals surface area contributed by atoms with Crippen LogP contribution in [0.15, 0.2) is 0 Å². The first-order chi connectivity index (χ1) is 12.8. The number of rotatable bonds is 6. The highest BCUT2D eigenvalue weighted by Crippen LogP contribution is 2.32. The summed E-state index contributed by atoms with van der Waals surface area (Å²) in [5.74, 6) is -1.76. The second-order valence-corrected chi connectivity index (χ2v) is 7.16. The monoisotopic (exact) mass is 384 g/mol. The fourth-order valence-electron chi connectivity index (χ4n) is 3.77. The first kappa shape index (κ1) is 21.3. The Hall–Kier alpha value is -1.96. The Morgan fingerprint density at radius 3 is 2.07 bits per heavy atom. The summed E-state index contributed by atoms with van der Waals surface area (Å²) in [4.78, 5) is 47.1. The quantitative estimate of drug-likeness (QED) is 0.503. The smallest absolute Gasteiger partial charge is 0.303 e. The van der Waals surface area contributed by atoms with E-state index in [1.165, 1.54) is 20.8 Å². The molecule has 0 aromatic rings. The molecular weight excluding hydrogens is 356 g/mol. The number of esters is 3. The Kier molecular flexibility index (Phi) is 7.77. The zero-order valence-corrected chi connectivity index (χ0v) is 16.1. The summed E-state index contributed by atoms with van der Waals surface area (Å²) >= 11 is 0. The van der Waals surface area contributed by atoms with Gasteiger partial charge in [-0.1, -0.05) is 19.3 Å². The van der Waals surface area contributed by atoms with Gasteiger partial charge in [-0.3, -0.25) is 19.2 Å². The second-order valence-electron chi connectivity index (χ2n) is 7.16. The summed E-state index contributed by atoms with van der Waals surface area (Å²) in [5, 5.41) is 0. The maximum atomic E-state index is 12.9. The average molecular weight is 384 g/mol. The summed E-state index contributed by atoms with van der Waals surface area (Å²) in [5.41, 5.74) is 0. The molecule has 0 aromatic carbocycles. The predicted molar refractivity (Wildman–Crippen MR) is 92.6 cm³/mol. The lowest BCUT2D eigenvalue weighted by Crippen LogP contribution is -2.56. The molecule has 152 valence electrons. The van der Waals surface area contributed by atoms with E-state index >= 15 is 0 Å². The highest BCUT2D eigenvalue weighted by atomic mass is 16.6. The van der Waals surface area contributed by atoms with Crippen LogP contribution in [0, 0.1) is 5.92 Å². The first-order valence-corrected chi connectivity index (χ1v) is 9.45. The van der Waals surface area contributed by atoms with Crippen molar-refractivity contribution in [3.63, 3.8) is 0 Å². The van der Waals surface area contributed by atoms with Gasteiger partial charge in [0.2, 0.25) is 0 Å². The highest BCUT2D eigenvalue weighted by molar-refractivity contribution is 5.85. The first-order valence-electron chi connectivity index (χ1n) is 9.45. The lowest BCUT2D eigenvalue weighted by Gasteiger charge is -2.40. The molecule has 1 heterocycles. The van der Waals surface area contributed by atoms with Gasteiger partial charge in [0.05, 0.1) is 0 Å². The SMILES string of the molecule is CC(=O)OC[C@H]1O[C@@H](C(=O)C2CCCCC2)C[C@@H](OC(C)=O)[C@@H]1OC(C)=O. The van der Waals surface area contributed by atoms with Crippen molar-refractivity contribution in [2.24, 2.45) is 5.92 Å². The van der Waals surface area contributed by atoms with E-state index in [0.29, 0.717) is 0 Å². The highest BCUT2D eigenvalue weighted by Gasteiger charge is 2.46. The van der Waals surface area contributed by atoms with E-state index in [9.17, 15) is 19.2 Å². The Labute approximate surface area is 158 Å². The van der Waals surface area contributed by atoms with Crippen molar-refractivity contribution in [1.29, 1.82) is 0 Å². The van der Waals surface area contributed by atoms with Gasteiger partial charge in [-0.15, -0.1) is 0 Å². The van der Waals surface area contributed by atoms with Gasteiger partial charge in [0.15, 0.2) is 11.9 Å². The fraction of sp³-hybridized carbons (Fsp3) is 0.789. The van der Waals surface area contributed by atoms with Gasteiger partial charge >= 0.3 is 17.9 Å². The van der Waals surface area contributed by atoms with Crippen molar-refractivity contribution in [3.05, 3.63) is 0 Å². The summed E-state index contributed by atoms with van der Waals surface area (Å²) in [6.07, 6.45) is 1.43. The van der Waals surface area contributed by atoms with Crippen molar-refractivity contribution in [1.82, 2.24) is 0 Å². The van der Waals surface area contributed by atoms with Crippen molar-refractivity contribution in [3.8, 4) is 0 Å². The van der Waals surface area contributed by atoms with Gasteiger partial charge in [-0.05, 0) is 12.8 Å². The molecule has 0 bridgehead atoms. The van der Waals surface area contributed by atoms with Crippen LogP contribution in [0.4, 0.5) is 0 Å². The van der Waals surface area contributed by atoms with Gasteiger partial charge in [0, 0.05) is 33.1 Å². The lowest BCUT2D eigenvalue weighted by molar-refractivity contribution is -0.215. The molecule has 0 amide bonds. The number of ketones is 1. The third-order valence-electron chi connectivity index (χ3n) is 4.91. The van der Waals surface area contributed by atoms with E-state index in [4.69, 9.17) is 18.9 Å². The van der Waals surface area contributed by atoms with Crippen LogP contribution in [-0.2, 0) is 38.1 Å².